The predicted octanol–water partition coefficient (Wildman–Crippen LogP) is 5.40. The summed E-state index contributed by atoms with van der Waals surface area (Å²) in [5.41, 5.74) is 0.371. The van der Waals surface area contributed by atoms with Gasteiger partial charge in [0, 0.05) is 23.9 Å². The lowest BCUT2D eigenvalue weighted by Gasteiger charge is -2.37. The Bertz CT molecular complexity index is 1730. The Morgan fingerprint density at radius 2 is 1.52 bits per heavy atom. The Morgan fingerprint density at radius 1 is 0.957 bits per heavy atom. The standard InChI is InChI=1S/C33H37N2O9PS/c1-5-46-45(38,39)44-28-19-30(35-20-22(2)31(36)34-32(35)37)43-29(28)21-42-33(23-9-7-6-8-10-23,24-11-15-26(40-3)16-12-24)25-13-17-27(41-4)18-14-25/h6-18,20,28-30H,5,19,21H2,1-4H3,(H,38,39)(H,34,36,37)/t28-,29+,30+/m0/s1. The molecule has 1 fully saturated rings. The van der Waals surface area contributed by atoms with Gasteiger partial charge in [0.25, 0.3) is 5.56 Å². The molecule has 1 aliphatic rings. The highest BCUT2D eigenvalue weighted by Gasteiger charge is 2.45. The van der Waals surface area contributed by atoms with Crippen molar-refractivity contribution in [2.75, 3.05) is 26.6 Å². The van der Waals surface area contributed by atoms with Gasteiger partial charge in [0.1, 0.15) is 35.5 Å². The van der Waals surface area contributed by atoms with Crippen molar-refractivity contribution in [3.05, 3.63) is 128 Å². The van der Waals surface area contributed by atoms with Crippen molar-refractivity contribution < 1.29 is 32.9 Å². The number of methoxy groups -OCH3 is 2. The van der Waals surface area contributed by atoms with Crippen molar-refractivity contribution in [2.24, 2.45) is 0 Å². The average Bonchev–Trinajstić information content (AvgIpc) is 3.45. The second-order valence-electron chi connectivity index (χ2n) is 10.7. The topological polar surface area (TPSA) is 138 Å². The molecule has 4 atom stereocenters. The SMILES string of the molecule is CCSP(=O)(O)O[C@H]1C[C@H](n2cc(C)c(=O)[nH]c2=O)O[C@@H]1COC(c1ccccc1)(c1ccc(OC)cc1)c1ccc(OC)cc1. The molecule has 244 valence electrons. The maximum Gasteiger partial charge on any atom is 0.386 e. The molecule has 4 aromatic rings. The van der Waals surface area contributed by atoms with Crippen molar-refractivity contribution >= 4 is 18.2 Å². The van der Waals surface area contributed by atoms with Crippen molar-refractivity contribution in [3.8, 4) is 11.5 Å². The number of ether oxygens (including phenoxy) is 4. The summed E-state index contributed by atoms with van der Waals surface area (Å²) in [5, 5.41) is 0. The quantitative estimate of drug-likeness (QED) is 0.141. The summed E-state index contributed by atoms with van der Waals surface area (Å²) < 4.78 is 44.2. The number of benzene rings is 3. The highest BCUT2D eigenvalue weighted by molar-refractivity contribution is 8.54. The number of hydrogen-bond acceptors (Lipinski definition) is 9. The van der Waals surface area contributed by atoms with Gasteiger partial charge < -0.3 is 23.8 Å². The van der Waals surface area contributed by atoms with Crippen molar-refractivity contribution in [1.29, 1.82) is 0 Å². The molecule has 5 rings (SSSR count). The number of H-pyrrole nitrogens is 1. The molecular weight excluding hydrogens is 631 g/mol. The van der Waals surface area contributed by atoms with Gasteiger partial charge in [-0.1, -0.05) is 61.5 Å². The van der Waals surface area contributed by atoms with Crippen LogP contribution in [-0.4, -0.2) is 53.2 Å². The van der Waals surface area contributed by atoms with E-state index in [-0.39, 0.29) is 13.0 Å². The van der Waals surface area contributed by atoms with Gasteiger partial charge in [-0.3, -0.25) is 18.9 Å². The number of aromatic amines is 1. The third-order valence-corrected chi connectivity index (χ3v) is 11.0. The first kappa shape index (κ1) is 33.7. The summed E-state index contributed by atoms with van der Waals surface area (Å²) in [7, 11) is 3.19. The van der Waals surface area contributed by atoms with Crippen LogP contribution in [0.15, 0.2) is 94.6 Å². The molecule has 1 aromatic heterocycles. The van der Waals surface area contributed by atoms with E-state index >= 15 is 0 Å². The number of hydrogen-bond donors (Lipinski definition) is 2. The van der Waals surface area contributed by atoms with E-state index in [4.69, 9.17) is 23.5 Å². The van der Waals surface area contributed by atoms with Crippen molar-refractivity contribution in [3.63, 3.8) is 0 Å². The molecule has 0 aliphatic carbocycles. The molecule has 0 radical (unpaired) electrons. The molecular formula is C33H37N2O9PS. The van der Waals surface area contributed by atoms with Crippen LogP contribution in [0.5, 0.6) is 11.5 Å². The molecule has 1 saturated heterocycles. The lowest BCUT2D eigenvalue weighted by Crippen LogP contribution is -2.38. The maximum atomic E-state index is 13.0. The highest BCUT2D eigenvalue weighted by Crippen LogP contribution is 2.58. The van der Waals surface area contributed by atoms with Gasteiger partial charge in [-0.15, -0.1) is 0 Å². The second kappa shape index (κ2) is 14.4. The largest absolute Gasteiger partial charge is 0.497 e. The Kier molecular flexibility index (Phi) is 10.6. The molecule has 3 aromatic carbocycles. The molecule has 0 amide bonds. The van der Waals surface area contributed by atoms with Crippen LogP contribution in [0.4, 0.5) is 0 Å². The lowest BCUT2D eigenvalue weighted by molar-refractivity contribution is -0.0919. The molecule has 46 heavy (non-hydrogen) atoms. The molecule has 0 bridgehead atoms. The minimum Gasteiger partial charge on any atom is -0.497 e. The van der Waals surface area contributed by atoms with Crippen LogP contribution < -0.4 is 20.7 Å². The first-order valence-electron chi connectivity index (χ1n) is 14.7. The molecule has 1 unspecified atom stereocenters. The van der Waals surface area contributed by atoms with E-state index in [1.807, 2.05) is 78.9 Å². The summed E-state index contributed by atoms with van der Waals surface area (Å²) in [6, 6.07) is 24.8. The van der Waals surface area contributed by atoms with Crippen LogP contribution in [0.3, 0.4) is 0 Å². The molecule has 13 heteroatoms. The minimum absolute atomic E-state index is 0.0671. The van der Waals surface area contributed by atoms with Crippen LogP contribution in [0.1, 0.15) is 41.8 Å². The van der Waals surface area contributed by atoms with Crippen LogP contribution in [-0.2, 0) is 24.2 Å². The first-order chi connectivity index (χ1) is 22.1. The summed E-state index contributed by atoms with van der Waals surface area (Å²) in [5.74, 6) is 1.70. The van der Waals surface area contributed by atoms with E-state index in [2.05, 4.69) is 4.98 Å². The van der Waals surface area contributed by atoms with Gasteiger partial charge in [-0.05, 0) is 59.3 Å². The Hall–Kier alpha value is -3.64. The number of rotatable bonds is 13. The molecule has 0 saturated carbocycles. The van der Waals surface area contributed by atoms with Crippen LogP contribution >= 0.6 is 18.2 Å². The van der Waals surface area contributed by atoms with Gasteiger partial charge in [-0.2, -0.15) is 0 Å². The predicted molar refractivity (Wildman–Crippen MR) is 176 cm³/mol. The maximum absolute atomic E-state index is 13.0. The van der Waals surface area contributed by atoms with Crippen molar-refractivity contribution in [1.82, 2.24) is 9.55 Å². The van der Waals surface area contributed by atoms with Gasteiger partial charge in [-0.25, -0.2) is 9.36 Å². The number of aromatic nitrogens is 2. The third kappa shape index (κ3) is 7.17. The highest BCUT2D eigenvalue weighted by atomic mass is 32.7. The molecule has 2 heterocycles. The molecule has 0 spiro atoms. The fourth-order valence-corrected chi connectivity index (χ4v) is 8.02. The zero-order valence-electron chi connectivity index (χ0n) is 26.0. The fourth-order valence-electron chi connectivity index (χ4n) is 5.58. The van der Waals surface area contributed by atoms with Crippen LogP contribution in [0, 0.1) is 6.92 Å². The van der Waals surface area contributed by atoms with E-state index < -0.39 is 42.1 Å². The summed E-state index contributed by atoms with van der Waals surface area (Å²) in [4.78, 5) is 37.7. The molecule has 2 N–H and O–H groups in total. The Balaban J connectivity index is 1.59. The van der Waals surface area contributed by atoms with Crippen LogP contribution in [0.25, 0.3) is 0 Å². The van der Waals surface area contributed by atoms with Gasteiger partial charge in [0.15, 0.2) is 0 Å². The normalized spacial score (nSPS) is 19.5. The Labute approximate surface area is 270 Å². The minimum atomic E-state index is -4.07. The van der Waals surface area contributed by atoms with Gasteiger partial charge in [0.2, 0.25) is 0 Å². The summed E-state index contributed by atoms with van der Waals surface area (Å²) in [6.07, 6.45) is -1.20. The van der Waals surface area contributed by atoms with E-state index in [0.717, 1.165) is 28.1 Å². The second-order valence-corrected chi connectivity index (χ2v) is 14.8. The van der Waals surface area contributed by atoms with E-state index in [1.165, 1.54) is 10.8 Å². The molecule has 1 aliphatic heterocycles. The fraction of sp³-hybridized carbons (Fsp3) is 0.333. The summed E-state index contributed by atoms with van der Waals surface area (Å²) in [6.45, 7) is -0.835. The number of nitrogens with zero attached hydrogens (tertiary/aromatic N) is 1. The van der Waals surface area contributed by atoms with E-state index in [0.29, 0.717) is 22.8 Å². The number of nitrogens with one attached hydrogen (secondary N) is 1. The van der Waals surface area contributed by atoms with E-state index in [1.54, 1.807) is 28.1 Å². The molecule has 11 nitrogen and oxygen atoms in total. The lowest BCUT2D eigenvalue weighted by atomic mass is 9.80. The third-order valence-electron chi connectivity index (χ3n) is 7.83. The zero-order chi connectivity index (χ0) is 32.9. The first-order valence-corrected chi connectivity index (χ1v) is 17.9. The number of aryl methyl sites for hydroxylation is 1. The van der Waals surface area contributed by atoms with Gasteiger partial charge >= 0.3 is 12.5 Å². The Morgan fingerprint density at radius 3 is 2.07 bits per heavy atom. The van der Waals surface area contributed by atoms with E-state index in [9.17, 15) is 19.0 Å². The zero-order valence-corrected chi connectivity index (χ0v) is 27.7. The average molecular weight is 669 g/mol. The van der Waals surface area contributed by atoms with Crippen LogP contribution in [0.2, 0.25) is 0 Å². The smallest absolute Gasteiger partial charge is 0.386 e. The van der Waals surface area contributed by atoms with Gasteiger partial charge in [0.05, 0.1) is 20.8 Å². The summed E-state index contributed by atoms with van der Waals surface area (Å²) >= 11 is 0.801. The van der Waals surface area contributed by atoms with Crippen molar-refractivity contribution in [2.45, 2.75) is 44.3 Å². The monoisotopic (exact) mass is 668 g/mol.